The van der Waals surface area contributed by atoms with Crippen molar-refractivity contribution in [3.8, 4) is 0 Å². The molecule has 0 saturated heterocycles. The van der Waals surface area contributed by atoms with Gasteiger partial charge in [-0.3, -0.25) is 4.79 Å². The van der Waals surface area contributed by atoms with Gasteiger partial charge >= 0.3 is 0 Å². The maximum atomic E-state index is 12.3. The molecule has 0 aromatic heterocycles. The molecule has 2 bridgehead atoms. The molecule has 3 saturated carbocycles. The molecule has 3 aliphatic rings. The van der Waals surface area contributed by atoms with Gasteiger partial charge in [-0.1, -0.05) is 6.42 Å². The number of carbonyl (C=O) groups is 1. The van der Waals surface area contributed by atoms with E-state index in [4.69, 9.17) is 5.73 Å². The molecule has 0 radical (unpaired) electrons. The molecule has 3 heteroatoms. The summed E-state index contributed by atoms with van der Waals surface area (Å²) in [5.41, 5.74) is 7.10. The molecular weight excluding hydrogens is 248 g/mol. The van der Waals surface area contributed by atoms with Crippen LogP contribution in [-0.2, 0) is 0 Å². The summed E-state index contributed by atoms with van der Waals surface area (Å²) in [4.78, 5) is 12.3. The third-order valence-electron chi connectivity index (χ3n) is 5.92. The molecule has 3 N–H and O–H groups in total. The molecule has 5 atom stereocenters. The first-order valence-electron chi connectivity index (χ1n) is 7.89. The van der Waals surface area contributed by atoms with Gasteiger partial charge in [-0.2, -0.15) is 0 Å². The van der Waals surface area contributed by atoms with Crippen molar-refractivity contribution in [1.29, 1.82) is 0 Å². The van der Waals surface area contributed by atoms with E-state index in [-0.39, 0.29) is 5.91 Å². The maximum absolute atomic E-state index is 12.3. The lowest BCUT2D eigenvalue weighted by atomic mass is 9.79. The topological polar surface area (TPSA) is 55.1 Å². The number of benzene rings is 1. The van der Waals surface area contributed by atoms with Gasteiger partial charge in [0.15, 0.2) is 0 Å². The number of nitrogens with one attached hydrogen (secondary N) is 1. The van der Waals surface area contributed by atoms with Crippen molar-refractivity contribution in [1.82, 2.24) is 5.32 Å². The van der Waals surface area contributed by atoms with Crippen LogP contribution in [0.4, 0.5) is 5.69 Å². The monoisotopic (exact) mass is 270 g/mol. The number of fused-ring (bicyclic) bond motifs is 5. The summed E-state index contributed by atoms with van der Waals surface area (Å²) in [5.74, 6) is 3.56. The Morgan fingerprint density at radius 3 is 2.60 bits per heavy atom. The zero-order valence-electron chi connectivity index (χ0n) is 11.7. The Labute approximate surface area is 119 Å². The smallest absolute Gasteiger partial charge is 0.251 e. The van der Waals surface area contributed by atoms with Crippen LogP contribution < -0.4 is 11.1 Å². The van der Waals surface area contributed by atoms with E-state index in [2.05, 4.69) is 5.32 Å². The van der Waals surface area contributed by atoms with Crippen LogP contribution in [0.1, 0.15) is 42.5 Å². The quantitative estimate of drug-likeness (QED) is 0.812. The van der Waals surface area contributed by atoms with Crippen LogP contribution in [0.25, 0.3) is 0 Å². The highest BCUT2D eigenvalue weighted by atomic mass is 16.1. The van der Waals surface area contributed by atoms with E-state index in [1.807, 2.05) is 12.1 Å². The molecule has 1 aromatic rings. The number of hydrogen-bond donors (Lipinski definition) is 2. The predicted molar refractivity (Wildman–Crippen MR) is 79.2 cm³/mol. The lowest BCUT2D eigenvalue weighted by Crippen LogP contribution is -2.42. The van der Waals surface area contributed by atoms with E-state index in [0.29, 0.717) is 11.7 Å². The summed E-state index contributed by atoms with van der Waals surface area (Å²) in [6.07, 6.45) is 6.78. The van der Waals surface area contributed by atoms with Crippen LogP contribution in [0, 0.1) is 23.7 Å². The minimum Gasteiger partial charge on any atom is -0.399 e. The highest BCUT2D eigenvalue weighted by Gasteiger charge is 2.53. The van der Waals surface area contributed by atoms with Gasteiger partial charge in [0.05, 0.1) is 0 Å². The molecular formula is C17H22N2O. The fourth-order valence-corrected chi connectivity index (χ4v) is 5.12. The molecule has 0 unspecified atom stereocenters. The zero-order valence-corrected chi connectivity index (χ0v) is 11.7. The Morgan fingerprint density at radius 1 is 1.05 bits per heavy atom. The number of hydrogen-bond acceptors (Lipinski definition) is 2. The van der Waals surface area contributed by atoms with Gasteiger partial charge in [0.1, 0.15) is 0 Å². The van der Waals surface area contributed by atoms with Crippen LogP contribution in [0.15, 0.2) is 24.3 Å². The van der Waals surface area contributed by atoms with Crippen molar-refractivity contribution in [2.45, 2.75) is 38.1 Å². The minimum absolute atomic E-state index is 0.0668. The third kappa shape index (κ3) is 1.83. The van der Waals surface area contributed by atoms with Gasteiger partial charge in [0.2, 0.25) is 0 Å². The van der Waals surface area contributed by atoms with Crippen molar-refractivity contribution in [2.24, 2.45) is 23.7 Å². The summed E-state index contributed by atoms with van der Waals surface area (Å²) in [6.45, 7) is 0. The Hall–Kier alpha value is -1.51. The first-order valence-corrected chi connectivity index (χ1v) is 7.89. The molecule has 4 rings (SSSR count). The Bertz CT molecular complexity index is 524. The Kier molecular flexibility index (Phi) is 2.76. The zero-order chi connectivity index (χ0) is 13.7. The van der Waals surface area contributed by atoms with Gasteiger partial charge in [-0.05, 0) is 73.6 Å². The number of nitrogen functional groups attached to an aromatic ring is 1. The van der Waals surface area contributed by atoms with Gasteiger partial charge in [0, 0.05) is 17.3 Å². The van der Waals surface area contributed by atoms with Crippen LogP contribution in [0.3, 0.4) is 0 Å². The third-order valence-corrected chi connectivity index (χ3v) is 5.92. The minimum atomic E-state index is 0.0668. The number of rotatable bonds is 2. The SMILES string of the molecule is Nc1ccc(C(=O)N[C@@H]2C[C@H]3C[C@@H]2[C@@H]2CCC[C@H]32)cc1. The molecule has 20 heavy (non-hydrogen) atoms. The highest BCUT2D eigenvalue weighted by Crippen LogP contribution is 2.58. The Balaban J connectivity index is 1.45. The molecule has 3 nitrogen and oxygen atoms in total. The molecule has 0 aliphatic heterocycles. The Morgan fingerprint density at radius 2 is 1.80 bits per heavy atom. The average molecular weight is 270 g/mol. The van der Waals surface area contributed by atoms with Crippen LogP contribution in [-0.4, -0.2) is 11.9 Å². The van der Waals surface area contributed by atoms with Crippen molar-refractivity contribution in [2.75, 3.05) is 5.73 Å². The largest absolute Gasteiger partial charge is 0.399 e. The maximum Gasteiger partial charge on any atom is 0.251 e. The van der Waals surface area contributed by atoms with E-state index in [9.17, 15) is 4.79 Å². The van der Waals surface area contributed by atoms with Crippen molar-refractivity contribution < 1.29 is 4.79 Å². The summed E-state index contributed by atoms with van der Waals surface area (Å²) in [5, 5.41) is 3.28. The first-order chi connectivity index (χ1) is 9.72. The number of carbonyl (C=O) groups excluding carboxylic acids is 1. The molecule has 3 fully saturated rings. The van der Waals surface area contributed by atoms with Gasteiger partial charge in [-0.15, -0.1) is 0 Å². The van der Waals surface area contributed by atoms with Crippen LogP contribution in [0.2, 0.25) is 0 Å². The lowest BCUT2D eigenvalue weighted by Gasteiger charge is -2.32. The summed E-state index contributed by atoms with van der Waals surface area (Å²) < 4.78 is 0. The second-order valence-electron chi connectivity index (χ2n) is 6.86. The fourth-order valence-electron chi connectivity index (χ4n) is 5.12. The molecule has 1 amide bonds. The molecule has 3 aliphatic carbocycles. The molecule has 106 valence electrons. The standard InChI is InChI=1S/C17H22N2O/c18-12-6-4-10(5-7-12)17(20)19-16-9-11-8-15(16)14-3-1-2-13(11)14/h4-7,11,13-16H,1-3,8-9,18H2,(H,19,20)/t11-,13-,14-,15-,16-/m1/s1. The normalized spacial score (nSPS) is 37.9. The van der Waals surface area contributed by atoms with E-state index >= 15 is 0 Å². The first kappa shape index (κ1) is 12.2. The molecule has 0 heterocycles. The van der Waals surface area contributed by atoms with Gasteiger partial charge in [0.25, 0.3) is 5.91 Å². The van der Waals surface area contributed by atoms with Crippen LogP contribution in [0.5, 0.6) is 0 Å². The fraction of sp³-hybridized carbons (Fsp3) is 0.588. The number of nitrogens with two attached hydrogens (primary N) is 1. The van der Waals surface area contributed by atoms with E-state index in [1.54, 1.807) is 12.1 Å². The molecule has 0 spiro atoms. The summed E-state index contributed by atoms with van der Waals surface area (Å²) in [7, 11) is 0. The van der Waals surface area contributed by atoms with Gasteiger partial charge < -0.3 is 11.1 Å². The number of amides is 1. The molecule has 1 aromatic carbocycles. The average Bonchev–Trinajstić information content (AvgIpc) is 3.11. The van der Waals surface area contributed by atoms with Gasteiger partial charge in [-0.25, -0.2) is 0 Å². The lowest BCUT2D eigenvalue weighted by molar-refractivity contribution is 0.0901. The van der Waals surface area contributed by atoms with Crippen molar-refractivity contribution >= 4 is 11.6 Å². The van der Waals surface area contributed by atoms with E-state index in [1.165, 1.54) is 32.1 Å². The summed E-state index contributed by atoms with van der Waals surface area (Å²) >= 11 is 0. The second kappa shape index (κ2) is 4.51. The summed E-state index contributed by atoms with van der Waals surface area (Å²) in [6, 6.07) is 7.63. The van der Waals surface area contributed by atoms with Crippen molar-refractivity contribution in [3.05, 3.63) is 29.8 Å². The second-order valence-corrected chi connectivity index (χ2v) is 6.86. The van der Waals surface area contributed by atoms with E-state index in [0.717, 1.165) is 29.2 Å². The highest BCUT2D eigenvalue weighted by molar-refractivity contribution is 5.94. The van der Waals surface area contributed by atoms with Crippen LogP contribution >= 0.6 is 0 Å². The van der Waals surface area contributed by atoms with E-state index < -0.39 is 0 Å². The number of anilines is 1. The predicted octanol–water partition coefficient (Wildman–Crippen LogP) is 2.82. The van der Waals surface area contributed by atoms with Crippen molar-refractivity contribution in [3.63, 3.8) is 0 Å².